The van der Waals surface area contributed by atoms with Crippen molar-refractivity contribution >= 4 is 11.9 Å². The normalized spacial score (nSPS) is 22.3. The topological polar surface area (TPSA) is 55.8 Å². The van der Waals surface area contributed by atoms with Crippen molar-refractivity contribution < 1.29 is 19.1 Å². The summed E-state index contributed by atoms with van der Waals surface area (Å²) in [7, 11) is 2.98. The molecule has 1 aliphatic rings. The number of esters is 1. The van der Waals surface area contributed by atoms with Crippen LogP contribution >= 0.6 is 0 Å². The molecule has 0 N–H and O–H groups in total. The van der Waals surface area contributed by atoms with E-state index in [0.29, 0.717) is 25.6 Å². The second kappa shape index (κ2) is 8.15. The number of ether oxygens (including phenoxy) is 2. The molecule has 0 spiro atoms. The van der Waals surface area contributed by atoms with Crippen molar-refractivity contribution in [2.75, 3.05) is 33.9 Å². The standard InChI is InChI=1S/C14H25NO4/c1-11-5-4-6-12(11)14(17)15(9-10-18-2)8-7-13(16)19-3/h11-12H,4-10H2,1-3H3. The van der Waals surface area contributed by atoms with Crippen LogP contribution in [-0.4, -0.2) is 50.7 Å². The average Bonchev–Trinajstić information content (AvgIpc) is 2.84. The zero-order valence-electron chi connectivity index (χ0n) is 12.2. The lowest BCUT2D eigenvalue weighted by Crippen LogP contribution is -2.40. The van der Waals surface area contributed by atoms with Crippen molar-refractivity contribution in [2.45, 2.75) is 32.6 Å². The fourth-order valence-electron chi connectivity index (χ4n) is 2.61. The van der Waals surface area contributed by atoms with E-state index in [4.69, 9.17) is 4.74 Å². The van der Waals surface area contributed by atoms with Crippen molar-refractivity contribution in [1.29, 1.82) is 0 Å². The summed E-state index contributed by atoms with van der Waals surface area (Å²) in [5, 5.41) is 0. The third-order valence-corrected chi connectivity index (χ3v) is 3.87. The maximum atomic E-state index is 12.5. The summed E-state index contributed by atoms with van der Waals surface area (Å²) in [6.07, 6.45) is 3.44. The van der Waals surface area contributed by atoms with E-state index in [2.05, 4.69) is 11.7 Å². The first kappa shape index (κ1) is 16.0. The highest BCUT2D eigenvalue weighted by molar-refractivity contribution is 5.80. The van der Waals surface area contributed by atoms with E-state index in [1.54, 1.807) is 12.0 Å². The van der Waals surface area contributed by atoms with Gasteiger partial charge in [-0.2, -0.15) is 0 Å². The lowest BCUT2D eigenvalue weighted by molar-refractivity contribution is -0.143. The Morgan fingerprint density at radius 1 is 1.21 bits per heavy atom. The molecule has 5 heteroatoms. The second-order valence-electron chi connectivity index (χ2n) is 5.16. The molecule has 1 amide bonds. The van der Waals surface area contributed by atoms with Gasteiger partial charge in [0.25, 0.3) is 0 Å². The molecule has 1 saturated carbocycles. The minimum Gasteiger partial charge on any atom is -0.469 e. The van der Waals surface area contributed by atoms with Crippen molar-refractivity contribution in [3.63, 3.8) is 0 Å². The third kappa shape index (κ3) is 4.82. The Hall–Kier alpha value is -1.10. The van der Waals surface area contributed by atoms with Gasteiger partial charge in [-0.1, -0.05) is 13.3 Å². The quantitative estimate of drug-likeness (QED) is 0.658. The minimum absolute atomic E-state index is 0.106. The average molecular weight is 271 g/mol. The van der Waals surface area contributed by atoms with Gasteiger partial charge in [0.05, 0.1) is 20.1 Å². The smallest absolute Gasteiger partial charge is 0.307 e. The molecule has 1 aliphatic carbocycles. The number of hydrogen-bond acceptors (Lipinski definition) is 4. The van der Waals surface area contributed by atoms with Gasteiger partial charge in [-0.15, -0.1) is 0 Å². The second-order valence-corrected chi connectivity index (χ2v) is 5.16. The maximum absolute atomic E-state index is 12.5. The largest absolute Gasteiger partial charge is 0.469 e. The van der Waals surface area contributed by atoms with E-state index < -0.39 is 0 Å². The highest BCUT2D eigenvalue weighted by Crippen LogP contribution is 2.32. The summed E-state index contributed by atoms with van der Waals surface area (Å²) in [6, 6.07) is 0. The maximum Gasteiger partial charge on any atom is 0.307 e. The van der Waals surface area contributed by atoms with E-state index in [9.17, 15) is 9.59 Å². The highest BCUT2D eigenvalue weighted by atomic mass is 16.5. The summed E-state index contributed by atoms with van der Waals surface area (Å²) < 4.78 is 9.66. The molecule has 0 aromatic heterocycles. The number of rotatable bonds is 7. The summed E-state index contributed by atoms with van der Waals surface area (Å²) in [5.41, 5.74) is 0. The van der Waals surface area contributed by atoms with Crippen molar-refractivity contribution in [3.8, 4) is 0 Å². The zero-order chi connectivity index (χ0) is 14.3. The minimum atomic E-state index is -0.283. The van der Waals surface area contributed by atoms with Gasteiger partial charge < -0.3 is 14.4 Å². The van der Waals surface area contributed by atoms with Crippen LogP contribution in [0.25, 0.3) is 0 Å². The van der Waals surface area contributed by atoms with Crippen LogP contribution in [0.3, 0.4) is 0 Å². The first-order valence-corrected chi connectivity index (χ1v) is 6.94. The van der Waals surface area contributed by atoms with E-state index in [0.717, 1.165) is 19.3 Å². The van der Waals surface area contributed by atoms with Crippen LogP contribution in [0.5, 0.6) is 0 Å². The number of amides is 1. The predicted molar refractivity (Wildman–Crippen MR) is 71.6 cm³/mol. The summed E-state index contributed by atoms with van der Waals surface area (Å²) >= 11 is 0. The van der Waals surface area contributed by atoms with Gasteiger partial charge in [0.1, 0.15) is 0 Å². The molecule has 2 atom stereocenters. The van der Waals surface area contributed by atoms with Gasteiger partial charge in [0, 0.05) is 26.1 Å². The van der Waals surface area contributed by atoms with Gasteiger partial charge in [0.2, 0.25) is 5.91 Å². The molecule has 0 aliphatic heterocycles. The Kier molecular flexibility index (Phi) is 6.84. The molecule has 0 aromatic rings. The molecular formula is C14H25NO4. The molecule has 0 radical (unpaired) electrons. The number of carbonyl (C=O) groups is 2. The molecule has 0 aromatic carbocycles. The van der Waals surface area contributed by atoms with Crippen molar-refractivity contribution in [2.24, 2.45) is 11.8 Å². The molecule has 5 nitrogen and oxygen atoms in total. The fraction of sp³-hybridized carbons (Fsp3) is 0.857. The Morgan fingerprint density at radius 2 is 1.95 bits per heavy atom. The van der Waals surface area contributed by atoms with Crippen LogP contribution in [0, 0.1) is 11.8 Å². The first-order chi connectivity index (χ1) is 9.10. The van der Waals surface area contributed by atoms with E-state index >= 15 is 0 Å². The highest BCUT2D eigenvalue weighted by Gasteiger charge is 2.32. The monoisotopic (exact) mass is 271 g/mol. The summed E-state index contributed by atoms with van der Waals surface area (Å²) in [6.45, 7) is 3.58. The van der Waals surface area contributed by atoms with Gasteiger partial charge in [-0.3, -0.25) is 9.59 Å². The van der Waals surface area contributed by atoms with E-state index in [1.807, 2.05) is 0 Å². The molecule has 0 bridgehead atoms. The molecule has 0 saturated heterocycles. The Balaban J connectivity index is 2.56. The first-order valence-electron chi connectivity index (χ1n) is 6.94. The zero-order valence-corrected chi connectivity index (χ0v) is 12.2. The molecule has 1 fully saturated rings. The number of hydrogen-bond donors (Lipinski definition) is 0. The van der Waals surface area contributed by atoms with Gasteiger partial charge >= 0.3 is 5.97 Å². The van der Waals surface area contributed by atoms with Crippen LogP contribution in [0.15, 0.2) is 0 Å². The number of methoxy groups -OCH3 is 2. The SMILES string of the molecule is COCCN(CCC(=O)OC)C(=O)C1CCCC1C. The molecule has 2 unspecified atom stereocenters. The number of carbonyl (C=O) groups excluding carboxylic acids is 2. The lowest BCUT2D eigenvalue weighted by Gasteiger charge is -2.26. The predicted octanol–water partition coefficient (Wildman–Crippen LogP) is 1.46. The number of nitrogens with zero attached hydrogens (tertiary/aromatic N) is 1. The van der Waals surface area contributed by atoms with Crippen LogP contribution in [-0.2, 0) is 19.1 Å². The van der Waals surface area contributed by atoms with Crippen molar-refractivity contribution in [1.82, 2.24) is 4.90 Å². The lowest BCUT2D eigenvalue weighted by atomic mass is 9.96. The Bertz CT molecular complexity index is 306. The summed E-state index contributed by atoms with van der Waals surface area (Å²) in [5.74, 6) is 0.422. The Morgan fingerprint density at radius 3 is 2.47 bits per heavy atom. The van der Waals surface area contributed by atoms with Crippen LogP contribution < -0.4 is 0 Å². The van der Waals surface area contributed by atoms with E-state index in [-0.39, 0.29) is 24.2 Å². The van der Waals surface area contributed by atoms with E-state index in [1.165, 1.54) is 7.11 Å². The fourth-order valence-corrected chi connectivity index (χ4v) is 2.61. The molecule has 110 valence electrons. The molecule has 1 rings (SSSR count). The molecule has 19 heavy (non-hydrogen) atoms. The van der Waals surface area contributed by atoms with Crippen LogP contribution in [0.4, 0.5) is 0 Å². The van der Waals surface area contributed by atoms with Crippen LogP contribution in [0.1, 0.15) is 32.6 Å². The van der Waals surface area contributed by atoms with Crippen LogP contribution in [0.2, 0.25) is 0 Å². The molecular weight excluding hydrogens is 246 g/mol. The summed E-state index contributed by atoms with van der Waals surface area (Å²) in [4.78, 5) is 25.4. The Labute approximate surface area is 115 Å². The van der Waals surface area contributed by atoms with Gasteiger partial charge in [-0.25, -0.2) is 0 Å². The van der Waals surface area contributed by atoms with Gasteiger partial charge in [-0.05, 0) is 18.8 Å². The van der Waals surface area contributed by atoms with Crippen molar-refractivity contribution in [3.05, 3.63) is 0 Å². The third-order valence-electron chi connectivity index (χ3n) is 3.87. The molecule has 0 heterocycles. The van der Waals surface area contributed by atoms with Gasteiger partial charge in [0.15, 0.2) is 0 Å².